The topological polar surface area (TPSA) is 88.8 Å². The van der Waals surface area contributed by atoms with Gasteiger partial charge in [-0.05, 0) is 30.7 Å². The number of amides is 1. The Labute approximate surface area is 150 Å². The lowest BCUT2D eigenvalue weighted by atomic mass is 10.1. The van der Waals surface area contributed by atoms with Crippen molar-refractivity contribution in [1.82, 2.24) is 29.6 Å². The van der Waals surface area contributed by atoms with Crippen LogP contribution in [0.3, 0.4) is 0 Å². The molecule has 3 aromatic heterocycles. The number of nitrogens with zero attached hydrogens (tertiary/aromatic N) is 6. The lowest BCUT2D eigenvalue weighted by molar-refractivity contribution is 0.0733. The minimum Gasteiger partial charge on any atom is -0.369 e. The van der Waals surface area contributed by atoms with Gasteiger partial charge in [-0.2, -0.15) is 5.10 Å². The summed E-state index contributed by atoms with van der Waals surface area (Å²) in [5.74, 6) is 1.40. The van der Waals surface area contributed by atoms with E-state index >= 15 is 0 Å². The van der Waals surface area contributed by atoms with Gasteiger partial charge in [-0.15, -0.1) is 5.10 Å². The third-order valence-corrected chi connectivity index (χ3v) is 4.35. The Bertz CT molecular complexity index is 923. The van der Waals surface area contributed by atoms with Gasteiger partial charge in [0.2, 0.25) is 0 Å². The average molecular weight is 349 g/mol. The van der Waals surface area contributed by atoms with Gasteiger partial charge in [0.25, 0.3) is 5.91 Å². The third kappa shape index (κ3) is 3.13. The summed E-state index contributed by atoms with van der Waals surface area (Å²) in [7, 11) is 0. The van der Waals surface area contributed by atoms with Crippen molar-refractivity contribution in [3.05, 3.63) is 59.9 Å². The normalized spacial score (nSPS) is 13.3. The molecule has 1 N–H and O–H groups in total. The zero-order valence-electron chi connectivity index (χ0n) is 14.5. The molecule has 0 saturated carbocycles. The largest absolute Gasteiger partial charge is 0.369 e. The number of nitrogens with one attached hydrogen (secondary N) is 1. The van der Waals surface area contributed by atoms with Crippen LogP contribution in [0.2, 0.25) is 0 Å². The van der Waals surface area contributed by atoms with Crippen molar-refractivity contribution in [3.63, 3.8) is 0 Å². The van der Waals surface area contributed by atoms with E-state index in [1.807, 2.05) is 17.9 Å². The highest BCUT2D eigenvalue weighted by Crippen LogP contribution is 2.21. The Morgan fingerprint density at radius 2 is 2.19 bits per heavy atom. The zero-order valence-corrected chi connectivity index (χ0v) is 14.5. The molecule has 0 saturated heterocycles. The first-order valence-electron chi connectivity index (χ1n) is 8.57. The molecule has 8 heteroatoms. The summed E-state index contributed by atoms with van der Waals surface area (Å²) < 4.78 is 1.78. The molecule has 1 aliphatic heterocycles. The maximum Gasteiger partial charge on any atom is 0.254 e. The molecule has 0 atom stereocenters. The minimum absolute atomic E-state index is 0.0128. The minimum atomic E-state index is -0.0128. The maximum absolute atomic E-state index is 13.0. The summed E-state index contributed by atoms with van der Waals surface area (Å²) in [6.07, 6.45) is 7.50. The molecule has 3 aromatic rings. The van der Waals surface area contributed by atoms with Crippen molar-refractivity contribution in [2.45, 2.75) is 19.9 Å². The summed E-state index contributed by atoms with van der Waals surface area (Å²) in [5.41, 5.74) is 2.62. The van der Waals surface area contributed by atoms with E-state index in [2.05, 4.69) is 25.5 Å². The first kappa shape index (κ1) is 16.2. The van der Waals surface area contributed by atoms with Crippen LogP contribution in [0.25, 0.3) is 5.82 Å². The highest BCUT2D eigenvalue weighted by Gasteiger charge is 2.23. The Balaban J connectivity index is 1.56. The van der Waals surface area contributed by atoms with Crippen molar-refractivity contribution >= 4 is 11.7 Å². The molecule has 0 fully saturated rings. The molecular formula is C18H19N7O. The van der Waals surface area contributed by atoms with Crippen molar-refractivity contribution in [3.8, 4) is 5.82 Å². The molecule has 0 radical (unpaired) electrons. The highest BCUT2D eigenvalue weighted by atomic mass is 16.2. The van der Waals surface area contributed by atoms with Crippen LogP contribution in [-0.4, -0.2) is 48.6 Å². The van der Waals surface area contributed by atoms with E-state index < -0.39 is 0 Å². The fourth-order valence-electron chi connectivity index (χ4n) is 3.04. The van der Waals surface area contributed by atoms with Crippen molar-refractivity contribution in [2.75, 3.05) is 18.4 Å². The highest BCUT2D eigenvalue weighted by molar-refractivity contribution is 5.94. The van der Waals surface area contributed by atoms with Gasteiger partial charge < -0.3 is 10.2 Å². The summed E-state index contributed by atoms with van der Waals surface area (Å²) in [4.78, 5) is 23.1. The van der Waals surface area contributed by atoms with Gasteiger partial charge in [0.15, 0.2) is 0 Å². The van der Waals surface area contributed by atoms with Crippen molar-refractivity contribution in [2.24, 2.45) is 0 Å². The van der Waals surface area contributed by atoms with E-state index in [9.17, 15) is 4.79 Å². The first-order valence-corrected chi connectivity index (χ1v) is 8.57. The van der Waals surface area contributed by atoms with Crippen molar-refractivity contribution < 1.29 is 4.79 Å². The number of hydrogen-bond donors (Lipinski definition) is 1. The monoisotopic (exact) mass is 349 g/mol. The fourth-order valence-corrected chi connectivity index (χ4v) is 3.04. The number of rotatable bonds is 4. The number of carbonyl (C=O) groups excluding carboxylic acids is 1. The Morgan fingerprint density at radius 3 is 3.00 bits per heavy atom. The SMILES string of the molecule is CCNc1cc2c(nn1)CCN(C(=O)c1ccnc(-n3ccnc3)c1)C2. The molecule has 0 aliphatic carbocycles. The van der Waals surface area contributed by atoms with E-state index in [-0.39, 0.29) is 5.91 Å². The third-order valence-electron chi connectivity index (χ3n) is 4.35. The van der Waals surface area contributed by atoms with Gasteiger partial charge in [-0.1, -0.05) is 0 Å². The van der Waals surface area contributed by atoms with Crippen LogP contribution in [0.4, 0.5) is 5.82 Å². The lowest BCUT2D eigenvalue weighted by Crippen LogP contribution is -2.36. The number of anilines is 1. The van der Waals surface area contributed by atoms with E-state index in [4.69, 9.17) is 0 Å². The molecule has 4 heterocycles. The first-order chi connectivity index (χ1) is 12.7. The second kappa shape index (κ2) is 6.91. The Kier molecular flexibility index (Phi) is 4.30. The van der Waals surface area contributed by atoms with E-state index in [0.717, 1.165) is 23.6 Å². The Hall–Kier alpha value is -3.29. The second-order valence-corrected chi connectivity index (χ2v) is 6.08. The smallest absolute Gasteiger partial charge is 0.254 e. The summed E-state index contributed by atoms with van der Waals surface area (Å²) in [6.45, 7) is 3.96. The molecule has 132 valence electrons. The van der Waals surface area contributed by atoms with Crippen LogP contribution in [0, 0.1) is 0 Å². The van der Waals surface area contributed by atoms with Gasteiger partial charge in [0, 0.05) is 50.2 Å². The number of aromatic nitrogens is 5. The van der Waals surface area contributed by atoms with Crippen LogP contribution in [0.5, 0.6) is 0 Å². The van der Waals surface area contributed by atoms with Crippen LogP contribution < -0.4 is 5.32 Å². The molecule has 4 rings (SSSR count). The Morgan fingerprint density at radius 1 is 1.27 bits per heavy atom. The second-order valence-electron chi connectivity index (χ2n) is 6.08. The number of fused-ring (bicyclic) bond motifs is 1. The molecule has 0 bridgehead atoms. The molecule has 0 unspecified atom stereocenters. The van der Waals surface area contributed by atoms with Gasteiger partial charge >= 0.3 is 0 Å². The van der Waals surface area contributed by atoms with Crippen LogP contribution in [-0.2, 0) is 13.0 Å². The summed E-state index contributed by atoms with van der Waals surface area (Å²) in [5, 5.41) is 11.6. The number of pyridine rings is 1. The van der Waals surface area contributed by atoms with E-state index in [1.54, 1.807) is 41.6 Å². The predicted octanol–water partition coefficient (Wildman–Crippen LogP) is 1.69. The lowest BCUT2D eigenvalue weighted by Gasteiger charge is -2.28. The van der Waals surface area contributed by atoms with Crippen LogP contribution in [0.15, 0.2) is 43.1 Å². The molecule has 0 spiro atoms. The molecule has 1 amide bonds. The summed E-state index contributed by atoms with van der Waals surface area (Å²) >= 11 is 0. The average Bonchev–Trinajstić information content (AvgIpc) is 3.22. The fraction of sp³-hybridized carbons (Fsp3) is 0.278. The molecule has 0 aromatic carbocycles. The molecule has 1 aliphatic rings. The molecule has 26 heavy (non-hydrogen) atoms. The van der Waals surface area contributed by atoms with Gasteiger partial charge in [-0.25, -0.2) is 9.97 Å². The maximum atomic E-state index is 13.0. The van der Waals surface area contributed by atoms with Crippen molar-refractivity contribution in [1.29, 1.82) is 0 Å². The summed E-state index contributed by atoms with van der Waals surface area (Å²) in [6, 6.07) is 5.51. The van der Waals surface area contributed by atoms with Gasteiger partial charge in [-0.3, -0.25) is 9.36 Å². The van der Waals surface area contributed by atoms with Gasteiger partial charge in [0.1, 0.15) is 18.0 Å². The van der Waals surface area contributed by atoms with Crippen LogP contribution >= 0.6 is 0 Å². The predicted molar refractivity (Wildman–Crippen MR) is 96.0 cm³/mol. The van der Waals surface area contributed by atoms with Crippen LogP contribution in [0.1, 0.15) is 28.5 Å². The van der Waals surface area contributed by atoms with Gasteiger partial charge in [0.05, 0.1) is 5.69 Å². The quantitative estimate of drug-likeness (QED) is 0.771. The number of hydrogen-bond acceptors (Lipinski definition) is 6. The number of imidazole rings is 1. The molecular weight excluding hydrogens is 330 g/mol. The number of carbonyl (C=O) groups is 1. The van der Waals surface area contributed by atoms with E-state index in [1.165, 1.54) is 0 Å². The molecule has 8 nitrogen and oxygen atoms in total. The zero-order chi connectivity index (χ0) is 17.9. The van der Waals surface area contributed by atoms with E-state index in [0.29, 0.717) is 30.9 Å². The standard InChI is InChI=1S/C18H19N7O/c1-2-20-16-9-14-11-24(7-4-15(14)22-23-16)18(26)13-3-5-21-17(10-13)25-8-6-19-12-25/h3,5-6,8-10,12H,2,4,7,11H2,1H3,(H,20,23).